The number of esters is 1. The summed E-state index contributed by atoms with van der Waals surface area (Å²) in [6, 6.07) is 3.75. The second-order valence-electron chi connectivity index (χ2n) is 6.38. The van der Waals surface area contributed by atoms with Gasteiger partial charge in [0.2, 0.25) is 0 Å². The Kier molecular flexibility index (Phi) is 6.14. The number of carbonyl (C=O) groups is 2. The molecule has 0 radical (unpaired) electrons. The lowest BCUT2D eigenvalue weighted by Crippen LogP contribution is -2.34. The third-order valence-corrected chi connectivity index (χ3v) is 5.54. The van der Waals surface area contributed by atoms with Gasteiger partial charge in [0.05, 0.1) is 5.57 Å². The minimum atomic E-state index is -0.404. The maximum Gasteiger partial charge on any atom is 0.336 e. The van der Waals surface area contributed by atoms with E-state index >= 15 is 0 Å². The molecule has 1 aliphatic carbocycles. The number of nitrogens with zero attached hydrogens (tertiary/aromatic N) is 1. The van der Waals surface area contributed by atoms with E-state index in [0.29, 0.717) is 24.2 Å². The van der Waals surface area contributed by atoms with Crippen molar-refractivity contribution in [2.24, 2.45) is 0 Å². The van der Waals surface area contributed by atoms with Gasteiger partial charge >= 0.3 is 5.97 Å². The summed E-state index contributed by atoms with van der Waals surface area (Å²) in [4.78, 5) is 29.7. The average molecular weight is 372 g/mol. The predicted octanol–water partition coefficient (Wildman–Crippen LogP) is 3.35. The molecule has 2 heterocycles. The fourth-order valence-electron chi connectivity index (χ4n) is 3.55. The zero-order valence-corrected chi connectivity index (χ0v) is 16.0. The lowest BCUT2D eigenvalue weighted by Gasteiger charge is -2.34. The minimum absolute atomic E-state index is 0.104. The molecular weight excluding hydrogens is 348 g/mol. The van der Waals surface area contributed by atoms with Gasteiger partial charge in [-0.25, -0.2) is 4.79 Å². The number of pyridine rings is 1. The van der Waals surface area contributed by atoms with Crippen LogP contribution in [0.5, 0.6) is 0 Å². The molecular formula is C20H24N2O3S. The Morgan fingerprint density at radius 3 is 3.00 bits per heavy atom. The summed E-state index contributed by atoms with van der Waals surface area (Å²) in [5, 5.41) is 3.29. The number of ether oxygens (including phenoxy) is 1. The quantitative estimate of drug-likeness (QED) is 0.610. The highest BCUT2D eigenvalue weighted by Crippen LogP contribution is 2.42. The van der Waals surface area contributed by atoms with Crippen LogP contribution in [0.1, 0.15) is 44.6 Å². The molecule has 2 aliphatic rings. The van der Waals surface area contributed by atoms with Crippen LogP contribution in [0.4, 0.5) is 0 Å². The summed E-state index contributed by atoms with van der Waals surface area (Å²) in [5.74, 6) is 1.10. The molecule has 1 aromatic heterocycles. The molecule has 0 amide bonds. The number of rotatable bonds is 6. The first-order valence-corrected chi connectivity index (χ1v) is 10.2. The third kappa shape index (κ3) is 3.85. The lowest BCUT2D eigenvalue weighted by molar-refractivity contribution is -0.138. The fourth-order valence-corrected chi connectivity index (χ4v) is 4.04. The highest BCUT2D eigenvalue weighted by Gasteiger charge is 2.39. The van der Waals surface area contributed by atoms with Crippen LogP contribution in [0.25, 0.3) is 0 Å². The van der Waals surface area contributed by atoms with Crippen LogP contribution in [0, 0.1) is 0 Å². The second kappa shape index (κ2) is 8.54. The van der Waals surface area contributed by atoms with Crippen molar-refractivity contribution in [2.75, 3.05) is 18.1 Å². The number of allylic oxidation sites excluding steroid dienone is 3. The van der Waals surface area contributed by atoms with Gasteiger partial charge < -0.3 is 10.1 Å². The molecule has 0 spiro atoms. The normalized spacial score (nSPS) is 19.9. The molecule has 0 aromatic carbocycles. The zero-order valence-electron chi connectivity index (χ0n) is 15.2. The minimum Gasteiger partial charge on any atom is -0.461 e. The van der Waals surface area contributed by atoms with Crippen molar-refractivity contribution in [1.29, 1.82) is 0 Å². The number of aromatic nitrogens is 1. The van der Waals surface area contributed by atoms with Crippen LogP contribution < -0.4 is 5.32 Å². The van der Waals surface area contributed by atoms with E-state index in [2.05, 4.69) is 17.2 Å². The van der Waals surface area contributed by atoms with Crippen LogP contribution in [0.15, 0.2) is 47.1 Å². The van der Waals surface area contributed by atoms with E-state index in [1.807, 2.05) is 19.1 Å². The molecule has 0 unspecified atom stereocenters. The van der Waals surface area contributed by atoms with Gasteiger partial charge in [-0.2, -0.15) is 11.8 Å². The Morgan fingerprint density at radius 1 is 1.42 bits per heavy atom. The van der Waals surface area contributed by atoms with Crippen LogP contribution in [-0.4, -0.2) is 34.8 Å². The molecule has 138 valence electrons. The SMILES string of the molecule is CCSCCOC(=O)C1=C(C)NC2=C(C(=O)CCC2)[C@@H]1c1cccnc1. The van der Waals surface area contributed by atoms with Crippen LogP contribution in [-0.2, 0) is 14.3 Å². The number of thioether (sulfide) groups is 1. The van der Waals surface area contributed by atoms with E-state index in [-0.39, 0.29) is 11.8 Å². The summed E-state index contributed by atoms with van der Waals surface area (Å²) in [7, 11) is 0. The van der Waals surface area contributed by atoms with Crippen molar-refractivity contribution in [3.8, 4) is 0 Å². The summed E-state index contributed by atoms with van der Waals surface area (Å²) in [6.07, 6.45) is 5.61. The topological polar surface area (TPSA) is 68.3 Å². The Hall–Kier alpha value is -2.08. The Labute approximate surface area is 158 Å². The zero-order chi connectivity index (χ0) is 18.5. The van der Waals surface area contributed by atoms with Crippen molar-refractivity contribution >= 4 is 23.5 Å². The average Bonchev–Trinajstić information content (AvgIpc) is 2.65. The molecule has 1 aromatic rings. The number of carbonyl (C=O) groups excluding carboxylic acids is 2. The summed E-state index contributed by atoms with van der Waals surface area (Å²) >= 11 is 1.73. The highest BCUT2D eigenvalue weighted by atomic mass is 32.2. The van der Waals surface area contributed by atoms with E-state index in [1.165, 1.54) is 0 Å². The monoisotopic (exact) mass is 372 g/mol. The summed E-state index contributed by atoms with van der Waals surface area (Å²) in [6.45, 7) is 4.32. The molecule has 0 saturated carbocycles. The van der Waals surface area contributed by atoms with Crippen molar-refractivity contribution < 1.29 is 14.3 Å². The standard InChI is InChI=1S/C20H24N2O3S/c1-3-26-11-10-25-20(24)17-13(2)22-15-7-4-8-16(23)19(15)18(17)14-6-5-9-21-12-14/h5-6,9,12,18,22H,3-4,7-8,10-11H2,1-2H3/t18-/m1/s1. The number of nitrogens with one attached hydrogen (secondary N) is 1. The van der Waals surface area contributed by atoms with Crippen molar-refractivity contribution in [3.63, 3.8) is 0 Å². The molecule has 26 heavy (non-hydrogen) atoms. The van der Waals surface area contributed by atoms with Gasteiger partial charge in [-0.05, 0) is 37.1 Å². The molecule has 5 nitrogen and oxygen atoms in total. The number of dihydropyridines is 1. The fraction of sp³-hybridized carbons (Fsp3) is 0.450. The van der Waals surface area contributed by atoms with Gasteiger partial charge in [0.1, 0.15) is 6.61 Å². The van der Waals surface area contributed by atoms with Gasteiger partial charge in [0.25, 0.3) is 0 Å². The van der Waals surface area contributed by atoms with Gasteiger partial charge in [-0.15, -0.1) is 0 Å². The number of ketones is 1. The van der Waals surface area contributed by atoms with Crippen LogP contribution in [0.2, 0.25) is 0 Å². The number of Topliss-reactive ketones (excluding diaryl/α,β-unsaturated/α-hetero) is 1. The molecule has 1 N–H and O–H groups in total. The van der Waals surface area contributed by atoms with Gasteiger partial charge in [0, 0.05) is 47.5 Å². The third-order valence-electron chi connectivity index (χ3n) is 4.68. The van der Waals surface area contributed by atoms with E-state index in [1.54, 1.807) is 24.2 Å². The summed E-state index contributed by atoms with van der Waals surface area (Å²) < 4.78 is 5.51. The van der Waals surface area contributed by atoms with E-state index in [4.69, 9.17) is 4.74 Å². The van der Waals surface area contributed by atoms with Gasteiger partial charge in [-0.1, -0.05) is 13.0 Å². The van der Waals surface area contributed by atoms with Crippen LogP contribution in [0.3, 0.4) is 0 Å². The van der Waals surface area contributed by atoms with Crippen molar-refractivity contribution in [1.82, 2.24) is 10.3 Å². The molecule has 3 rings (SSSR count). The van der Waals surface area contributed by atoms with E-state index in [9.17, 15) is 9.59 Å². The maximum absolute atomic E-state index is 12.9. The molecule has 0 saturated heterocycles. The first-order chi connectivity index (χ1) is 12.6. The van der Waals surface area contributed by atoms with Gasteiger partial charge in [0.15, 0.2) is 5.78 Å². The molecule has 1 atom stereocenters. The Balaban J connectivity index is 1.95. The van der Waals surface area contributed by atoms with E-state index in [0.717, 1.165) is 41.3 Å². The lowest BCUT2D eigenvalue weighted by atomic mass is 9.75. The highest BCUT2D eigenvalue weighted by molar-refractivity contribution is 7.99. The summed E-state index contributed by atoms with van der Waals surface area (Å²) in [5.41, 5.74) is 3.77. The smallest absolute Gasteiger partial charge is 0.336 e. The second-order valence-corrected chi connectivity index (χ2v) is 7.78. The maximum atomic E-state index is 12.9. The van der Waals surface area contributed by atoms with Crippen molar-refractivity contribution in [2.45, 2.75) is 39.0 Å². The molecule has 6 heteroatoms. The van der Waals surface area contributed by atoms with Crippen LogP contribution >= 0.6 is 11.8 Å². The Morgan fingerprint density at radius 2 is 2.27 bits per heavy atom. The molecule has 0 fully saturated rings. The number of hydrogen-bond acceptors (Lipinski definition) is 6. The largest absolute Gasteiger partial charge is 0.461 e. The van der Waals surface area contributed by atoms with E-state index < -0.39 is 5.92 Å². The van der Waals surface area contributed by atoms with Crippen molar-refractivity contribution in [3.05, 3.63) is 52.6 Å². The predicted molar refractivity (Wildman–Crippen MR) is 103 cm³/mol. The first-order valence-electron chi connectivity index (χ1n) is 9.02. The van der Waals surface area contributed by atoms with Gasteiger partial charge in [-0.3, -0.25) is 9.78 Å². The molecule has 1 aliphatic heterocycles. The first kappa shape index (κ1) is 18.7. The molecule has 0 bridgehead atoms. The Bertz CT molecular complexity index is 756. The number of hydrogen-bond donors (Lipinski definition) is 1.